The number of halogens is 1. The van der Waals surface area contributed by atoms with Gasteiger partial charge >= 0.3 is 5.97 Å². The van der Waals surface area contributed by atoms with Gasteiger partial charge in [0.25, 0.3) is 5.91 Å². The van der Waals surface area contributed by atoms with Crippen LogP contribution in [0.3, 0.4) is 0 Å². The number of hydrogen-bond donors (Lipinski definition) is 1. The second-order valence-electron chi connectivity index (χ2n) is 4.65. The molecule has 4 nitrogen and oxygen atoms in total. The van der Waals surface area contributed by atoms with Gasteiger partial charge in [0.2, 0.25) is 0 Å². The summed E-state index contributed by atoms with van der Waals surface area (Å²) >= 11 is 5.88. The van der Waals surface area contributed by atoms with Crippen molar-refractivity contribution in [1.82, 2.24) is 0 Å². The molecule has 0 aromatic heterocycles. The number of nitrogens with zero attached hydrogens (tertiary/aromatic N) is 1. The van der Waals surface area contributed by atoms with Gasteiger partial charge in [0.15, 0.2) is 0 Å². The largest absolute Gasteiger partial charge is 0.478 e. The zero-order valence-corrected chi connectivity index (χ0v) is 12.4. The van der Waals surface area contributed by atoms with Crippen LogP contribution in [-0.4, -0.2) is 24.0 Å². The van der Waals surface area contributed by atoms with Gasteiger partial charge in [-0.2, -0.15) is 0 Å². The van der Waals surface area contributed by atoms with Crippen LogP contribution in [0, 0.1) is 6.92 Å². The molecule has 0 saturated heterocycles. The number of amides is 1. The predicted molar refractivity (Wildman–Crippen MR) is 82.3 cm³/mol. The number of anilines is 1. The first-order valence-corrected chi connectivity index (χ1v) is 6.66. The number of benzene rings is 2. The van der Waals surface area contributed by atoms with Gasteiger partial charge in [0.1, 0.15) is 0 Å². The van der Waals surface area contributed by atoms with Crippen LogP contribution in [0.15, 0.2) is 42.5 Å². The molecule has 0 unspecified atom stereocenters. The first kappa shape index (κ1) is 15.1. The average molecular weight is 304 g/mol. The standard InChI is InChI=1S/C16H14ClNO3/c1-10-9-11(17)7-8-12(10)15(19)18(2)14-6-4-3-5-13(14)16(20)21/h3-9H,1-2H3,(H,20,21). The first-order chi connectivity index (χ1) is 9.91. The molecule has 21 heavy (non-hydrogen) atoms. The number of rotatable bonds is 3. The fraction of sp³-hybridized carbons (Fsp3) is 0.125. The van der Waals surface area contributed by atoms with E-state index in [1.807, 2.05) is 0 Å². The number of carbonyl (C=O) groups excluding carboxylic acids is 1. The van der Waals surface area contributed by atoms with Gasteiger partial charge < -0.3 is 10.0 Å². The topological polar surface area (TPSA) is 57.6 Å². The van der Waals surface area contributed by atoms with Crippen LogP contribution in [0.2, 0.25) is 5.02 Å². The Labute approximate surface area is 127 Å². The number of carbonyl (C=O) groups is 2. The highest BCUT2D eigenvalue weighted by atomic mass is 35.5. The van der Waals surface area contributed by atoms with Crippen LogP contribution in [0.5, 0.6) is 0 Å². The molecule has 2 aromatic carbocycles. The molecule has 108 valence electrons. The number of aromatic carboxylic acids is 1. The summed E-state index contributed by atoms with van der Waals surface area (Å²) in [6.07, 6.45) is 0. The second-order valence-corrected chi connectivity index (χ2v) is 5.08. The Morgan fingerprint density at radius 1 is 1.10 bits per heavy atom. The number of carboxylic acids is 1. The van der Waals surface area contributed by atoms with E-state index in [0.717, 1.165) is 5.56 Å². The molecule has 0 aliphatic rings. The highest BCUT2D eigenvalue weighted by molar-refractivity contribution is 6.30. The van der Waals surface area contributed by atoms with Gasteiger partial charge in [-0.1, -0.05) is 23.7 Å². The van der Waals surface area contributed by atoms with Gasteiger partial charge in [-0.05, 0) is 42.8 Å². The lowest BCUT2D eigenvalue weighted by Crippen LogP contribution is -2.28. The van der Waals surface area contributed by atoms with Crippen molar-refractivity contribution >= 4 is 29.2 Å². The smallest absolute Gasteiger partial charge is 0.337 e. The van der Waals surface area contributed by atoms with Gasteiger partial charge in [0.05, 0.1) is 11.3 Å². The van der Waals surface area contributed by atoms with Gasteiger partial charge in [-0.25, -0.2) is 4.79 Å². The molecule has 1 amide bonds. The molecule has 2 rings (SSSR count). The minimum atomic E-state index is -1.07. The summed E-state index contributed by atoms with van der Waals surface area (Å²) in [6, 6.07) is 11.4. The predicted octanol–water partition coefficient (Wildman–Crippen LogP) is 3.62. The van der Waals surface area contributed by atoms with Crippen molar-refractivity contribution in [2.24, 2.45) is 0 Å². The van der Waals surface area contributed by atoms with E-state index in [9.17, 15) is 14.7 Å². The molecule has 0 aliphatic carbocycles. The molecule has 5 heteroatoms. The number of aryl methyl sites for hydroxylation is 1. The van der Waals surface area contributed by atoms with Crippen molar-refractivity contribution in [3.8, 4) is 0 Å². The maximum Gasteiger partial charge on any atom is 0.337 e. The Kier molecular flexibility index (Phi) is 4.29. The quantitative estimate of drug-likeness (QED) is 0.942. The lowest BCUT2D eigenvalue weighted by Gasteiger charge is -2.20. The van der Waals surface area contributed by atoms with Crippen LogP contribution < -0.4 is 4.90 Å². The van der Waals surface area contributed by atoms with E-state index in [2.05, 4.69) is 0 Å². The molecule has 0 fully saturated rings. The number of para-hydroxylation sites is 1. The first-order valence-electron chi connectivity index (χ1n) is 6.28. The van der Waals surface area contributed by atoms with Crippen LogP contribution in [0.4, 0.5) is 5.69 Å². The third-order valence-corrected chi connectivity index (χ3v) is 3.45. The molecule has 0 aliphatic heterocycles. The summed E-state index contributed by atoms with van der Waals surface area (Å²) in [5.74, 6) is -1.35. The molecule has 0 spiro atoms. The van der Waals surface area contributed by atoms with Crippen LogP contribution >= 0.6 is 11.6 Å². The summed E-state index contributed by atoms with van der Waals surface area (Å²) in [4.78, 5) is 25.1. The van der Waals surface area contributed by atoms with E-state index in [0.29, 0.717) is 16.3 Å². The molecule has 0 heterocycles. The molecule has 0 bridgehead atoms. The molecular formula is C16H14ClNO3. The second kappa shape index (κ2) is 5.97. The van der Waals surface area contributed by atoms with Gasteiger partial charge in [0, 0.05) is 17.6 Å². The minimum absolute atomic E-state index is 0.0833. The summed E-state index contributed by atoms with van der Waals surface area (Å²) in [6.45, 7) is 1.79. The van der Waals surface area contributed by atoms with E-state index in [4.69, 9.17) is 11.6 Å². The molecule has 0 saturated carbocycles. The lowest BCUT2D eigenvalue weighted by molar-refractivity contribution is 0.0697. The van der Waals surface area contributed by atoms with Crippen LogP contribution in [-0.2, 0) is 0 Å². The van der Waals surface area contributed by atoms with Gasteiger partial charge in [-0.15, -0.1) is 0 Å². The molecule has 2 aromatic rings. The third-order valence-electron chi connectivity index (χ3n) is 3.22. The Hall–Kier alpha value is -2.33. The maximum absolute atomic E-state index is 12.5. The monoisotopic (exact) mass is 303 g/mol. The van der Waals surface area contributed by atoms with E-state index in [-0.39, 0.29) is 11.5 Å². The van der Waals surface area contributed by atoms with Crippen molar-refractivity contribution in [2.75, 3.05) is 11.9 Å². The lowest BCUT2D eigenvalue weighted by atomic mass is 10.1. The summed E-state index contributed by atoms with van der Waals surface area (Å²) < 4.78 is 0. The number of hydrogen-bond acceptors (Lipinski definition) is 2. The van der Waals surface area contributed by atoms with Crippen molar-refractivity contribution in [1.29, 1.82) is 0 Å². The third kappa shape index (κ3) is 3.06. The highest BCUT2D eigenvalue weighted by Gasteiger charge is 2.20. The average Bonchev–Trinajstić information content (AvgIpc) is 2.45. The normalized spacial score (nSPS) is 10.2. The van der Waals surface area contributed by atoms with E-state index in [1.54, 1.807) is 50.4 Å². The fourth-order valence-corrected chi connectivity index (χ4v) is 2.33. The Morgan fingerprint density at radius 3 is 2.38 bits per heavy atom. The number of carboxylic acid groups (broad SMARTS) is 1. The summed E-state index contributed by atoms with van der Waals surface area (Å²) in [5, 5.41) is 9.76. The molecule has 1 N–H and O–H groups in total. The van der Waals surface area contributed by atoms with Gasteiger partial charge in [-0.3, -0.25) is 4.79 Å². The Bertz CT molecular complexity index is 712. The highest BCUT2D eigenvalue weighted by Crippen LogP contribution is 2.23. The van der Waals surface area contributed by atoms with Crippen LogP contribution in [0.25, 0.3) is 0 Å². The summed E-state index contributed by atoms with van der Waals surface area (Å²) in [7, 11) is 1.55. The van der Waals surface area contributed by atoms with Crippen molar-refractivity contribution in [3.63, 3.8) is 0 Å². The van der Waals surface area contributed by atoms with Crippen LogP contribution in [0.1, 0.15) is 26.3 Å². The zero-order chi connectivity index (χ0) is 15.6. The zero-order valence-electron chi connectivity index (χ0n) is 11.6. The fourth-order valence-electron chi connectivity index (χ4n) is 2.10. The van der Waals surface area contributed by atoms with E-state index >= 15 is 0 Å². The SMILES string of the molecule is Cc1cc(Cl)ccc1C(=O)N(C)c1ccccc1C(=O)O. The van der Waals surface area contributed by atoms with Crippen molar-refractivity contribution < 1.29 is 14.7 Å². The maximum atomic E-state index is 12.5. The molecule has 0 radical (unpaired) electrons. The Morgan fingerprint density at radius 2 is 1.76 bits per heavy atom. The Balaban J connectivity index is 2.42. The van der Waals surface area contributed by atoms with E-state index < -0.39 is 5.97 Å². The molecule has 0 atom stereocenters. The van der Waals surface area contributed by atoms with Crippen molar-refractivity contribution in [2.45, 2.75) is 6.92 Å². The van der Waals surface area contributed by atoms with Crippen molar-refractivity contribution in [3.05, 3.63) is 64.2 Å². The summed E-state index contributed by atoms with van der Waals surface area (Å²) in [5.41, 5.74) is 1.67. The minimum Gasteiger partial charge on any atom is -0.478 e. The van der Waals surface area contributed by atoms with E-state index in [1.165, 1.54) is 11.0 Å². The molecular weight excluding hydrogens is 290 g/mol.